The molecule has 1 heterocycles. The van der Waals surface area contributed by atoms with E-state index in [0.717, 1.165) is 19.6 Å². The molecule has 4 heteroatoms. The number of nitrogens with zero attached hydrogens (tertiary/aromatic N) is 1. The van der Waals surface area contributed by atoms with Crippen LogP contribution in [0.15, 0.2) is 18.2 Å². The van der Waals surface area contributed by atoms with E-state index in [1.165, 1.54) is 12.8 Å². The summed E-state index contributed by atoms with van der Waals surface area (Å²) in [5.41, 5.74) is 0.634. The Labute approximate surface area is 115 Å². The van der Waals surface area contributed by atoms with E-state index in [2.05, 4.69) is 17.1 Å². The summed E-state index contributed by atoms with van der Waals surface area (Å²) in [5, 5.41) is 23.4. The lowest BCUT2D eigenvalue weighted by Gasteiger charge is -2.38. The normalized spacial score (nSPS) is 21.5. The van der Waals surface area contributed by atoms with Crippen LogP contribution in [0.5, 0.6) is 11.5 Å². The minimum absolute atomic E-state index is 0.0103. The van der Waals surface area contributed by atoms with Crippen LogP contribution in [0, 0.1) is 0 Å². The number of hydrogen-bond acceptors (Lipinski definition) is 4. The summed E-state index contributed by atoms with van der Waals surface area (Å²) in [5.74, 6) is 0.351. The molecule has 106 valence electrons. The molecule has 1 aliphatic rings. The number of nitrogens with one attached hydrogen (secondary N) is 1. The fourth-order valence-corrected chi connectivity index (χ4v) is 3.10. The number of benzene rings is 1. The van der Waals surface area contributed by atoms with Crippen molar-refractivity contribution in [2.24, 2.45) is 0 Å². The first-order chi connectivity index (χ1) is 9.15. The van der Waals surface area contributed by atoms with Crippen LogP contribution in [0.25, 0.3) is 0 Å². The predicted molar refractivity (Wildman–Crippen MR) is 76.5 cm³/mol. The van der Waals surface area contributed by atoms with E-state index >= 15 is 0 Å². The molecule has 1 aliphatic heterocycles. The maximum atomic E-state index is 10.0. The van der Waals surface area contributed by atoms with Gasteiger partial charge in [0.25, 0.3) is 0 Å². The van der Waals surface area contributed by atoms with E-state index in [-0.39, 0.29) is 17.5 Å². The molecular weight excluding hydrogens is 240 g/mol. The fourth-order valence-electron chi connectivity index (χ4n) is 3.10. The molecule has 2 unspecified atom stereocenters. The lowest BCUT2D eigenvalue weighted by Crippen LogP contribution is -2.46. The van der Waals surface area contributed by atoms with Crippen LogP contribution >= 0.6 is 0 Å². The molecule has 1 aromatic carbocycles. The highest BCUT2D eigenvalue weighted by atomic mass is 16.3. The topological polar surface area (TPSA) is 55.7 Å². The SMILES string of the molecule is CCN(C1CCCNC1)C(C)c1c(O)cccc1O. The van der Waals surface area contributed by atoms with Gasteiger partial charge in [0.15, 0.2) is 0 Å². The first-order valence-corrected chi connectivity index (χ1v) is 7.12. The van der Waals surface area contributed by atoms with Gasteiger partial charge in [-0.2, -0.15) is 0 Å². The van der Waals surface area contributed by atoms with Gasteiger partial charge < -0.3 is 15.5 Å². The van der Waals surface area contributed by atoms with Crippen molar-refractivity contribution in [3.8, 4) is 11.5 Å². The Balaban J connectivity index is 2.22. The lowest BCUT2D eigenvalue weighted by molar-refractivity contribution is 0.124. The van der Waals surface area contributed by atoms with Crippen LogP contribution in [0.3, 0.4) is 0 Å². The van der Waals surface area contributed by atoms with Crippen LogP contribution < -0.4 is 5.32 Å². The van der Waals surface area contributed by atoms with Gasteiger partial charge in [0, 0.05) is 18.6 Å². The molecule has 0 spiro atoms. The molecule has 1 fully saturated rings. The maximum absolute atomic E-state index is 10.0. The zero-order valence-electron chi connectivity index (χ0n) is 11.8. The molecule has 0 aliphatic carbocycles. The molecule has 0 saturated carbocycles. The molecule has 0 aromatic heterocycles. The van der Waals surface area contributed by atoms with Gasteiger partial charge in [-0.05, 0) is 45.0 Å². The molecular formula is C15H24N2O2. The Morgan fingerprint density at radius 2 is 2.05 bits per heavy atom. The van der Waals surface area contributed by atoms with Gasteiger partial charge in [-0.25, -0.2) is 0 Å². The summed E-state index contributed by atoms with van der Waals surface area (Å²) in [4.78, 5) is 2.35. The van der Waals surface area contributed by atoms with E-state index in [0.29, 0.717) is 11.6 Å². The van der Waals surface area contributed by atoms with Crippen molar-refractivity contribution in [3.63, 3.8) is 0 Å². The number of hydrogen-bond donors (Lipinski definition) is 3. The Bertz CT molecular complexity index is 396. The van der Waals surface area contributed by atoms with Crippen LogP contribution in [-0.4, -0.2) is 40.8 Å². The Hall–Kier alpha value is -1.26. The zero-order valence-corrected chi connectivity index (χ0v) is 11.8. The Kier molecular flexibility index (Phi) is 4.66. The molecule has 1 saturated heterocycles. The van der Waals surface area contributed by atoms with Gasteiger partial charge in [0.1, 0.15) is 11.5 Å². The van der Waals surface area contributed by atoms with Crippen LogP contribution in [0.4, 0.5) is 0 Å². The molecule has 2 atom stereocenters. The summed E-state index contributed by atoms with van der Waals surface area (Å²) >= 11 is 0. The van der Waals surface area contributed by atoms with Crippen molar-refractivity contribution in [1.82, 2.24) is 10.2 Å². The first-order valence-electron chi connectivity index (χ1n) is 7.12. The molecule has 0 amide bonds. The number of rotatable bonds is 4. The van der Waals surface area contributed by atoms with Gasteiger partial charge in [-0.15, -0.1) is 0 Å². The van der Waals surface area contributed by atoms with Gasteiger partial charge >= 0.3 is 0 Å². The molecule has 19 heavy (non-hydrogen) atoms. The first kappa shape index (κ1) is 14.2. The van der Waals surface area contributed by atoms with Gasteiger partial charge in [0.2, 0.25) is 0 Å². The smallest absolute Gasteiger partial charge is 0.124 e. The summed E-state index contributed by atoms with van der Waals surface area (Å²) in [6, 6.07) is 5.42. The predicted octanol–water partition coefficient (Wildman–Crippen LogP) is 2.23. The van der Waals surface area contributed by atoms with E-state index in [1.807, 2.05) is 6.92 Å². The molecule has 3 N–H and O–H groups in total. The quantitative estimate of drug-likeness (QED) is 0.780. The molecule has 0 radical (unpaired) electrons. The van der Waals surface area contributed by atoms with Crippen molar-refractivity contribution in [2.45, 2.75) is 38.8 Å². The molecule has 0 bridgehead atoms. The Morgan fingerprint density at radius 3 is 2.58 bits per heavy atom. The van der Waals surface area contributed by atoms with Gasteiger partial charge in [-0.3, -0.25) is 4.90 Å². The van der Waals surface area contributed by atoms with E-state index in [4.69, 9.17) is 0 Å². The van der Waals surface area contributed by atoms with Crippen molar-refractivity contribution >= 4 is 0 Å². The highest BCUT2D eigenvalue weighted by Crippen LogP contribution is 2.36. The monoisotopic (exact) mass is 264 g/mol. The summed E-state index contributed by atoms with van der Waals surface area (Å²) in [6.45, 7) is 7.15. The molecule has 4 nitrogen and oxygen atoms in total. The van der Waals surface area contributed by atoms with Crippen molar-refractivity contribution in [1.29, 1.82) is 0 Å². The average Bonchev–Trinajstić information content (AvgIpc) is 2.40. The average molecular weight is 264 g/mol. The Morgan fingerprint density at radius 1 is 1.37 bits per heavy atom. The summed E-state index contributed by atoms with van der Waals surface area (Å²) < 4.78 is 0. The highest BCUT2D eigenvalue weighted by Gasteiger charge is 2.27. The van der Waals surface area contributed by atoms with Crippen molar-refractivity contribution in [2.75, 3.05) is 19.6 Å². The number of phenols is 2. The largest absolute Gasteiger partial charge is 0.507 e. The zero-order chi connectivity index (χ0) is 13.8. The maximum Gasteiger partial charge on any atom is 0.124 e. The summed E-state index contributed by atoms with van der Waals surface area (Å²) in [7, 11) is 0. The fraction of sp³-hybridized carbons (Fsp3) is 0.600. The third-order valence-corrected chi connectivity index (χ3v) is 4.08. The highest BCUT2D eigenvalue weighted by molar-refractivity contribution is 5.45. The second-order valence-corrected chi connectivity index (χ2v) is 5.22. The number of aromatic hydroxyl groups is 2. The number of piperidine rings is 1. The van der Waals surface area contributed by atoms with Gasteiger partial charge in [0.05, 0.1) is 5.56 Å². The number of likely N-dealkylation sites (N-methyl/N-ethyl adjacent to an activating group) is 1. The van der Waals surface area contributed by atoms with E-state index < -0.39 is 0 Å². The standard InChI is InChI=1S/C15H24N2O2/c1-3-17(12-6-5-9-16-10-12)11(2)15-13(18)7-4-8-14(15)19/h4,7-8,11-12,16,18-19H,3,5-6,9-10H2,1-2H3. The van der Waals surface area contributed by atoms with Crippen molar-refractivity contribution < 1.29 is 10.2 Å². The van der Waals surface area contributed by atoms with Gasteiger partial charge in [-0.1, -0.05) is 13.0 Å². The third kappa shape index (κ3) is 3.01. The second-order valence-electron chi connectivity index (χ2n) is 5.22. The molecule has 2 rings (SSSR count). The van der Waals surface area contributed by atoms with Crippen LogP contribution in [0.2, 0.25) is 0 Å². The minimum atomic E-state index is 0.0103. The second kappa shape index (κ2) is 6.26. The molecule has 1 aromatic rings. The van der Waals surface area contributed by atoms with Crippen molar-refractivity contribution in [3.05, 3.63) is 23.8 Å². The van der Waals surface area contributed by atoms with Crippen LogP contribution in [-0.2, 0) is 0 Å². The lowest BCUT2D eigenvalue weighted by atomic mass is 9.99. The van der Waals surface area contributed by atoms with E-state index in [1.54, 1.807) is 18.2 Å². The summed E-state index contributed by atoms with van der Waals surface area (Å²) in [6.07, 6.45) is 2.35. The third-order valence-electron chi connectivity index (χ3n) is 4.08. The van der Waals surface area contributed by atoms with E-state index in [9.17, 15) is 10.2 Å². The number of phenolic OH excluding ortho intramolecular Hbond substituents is 2. The minimum Gasteiger partial charge on any atom is -0.507 e. The van der Waals surface area contributed by atoms with Crippen LogP contribution in [0.1, 0.15) is 38.3 Å².